The third-order valence-electron chi connectivity index (χ3n) is 5.13. The Bertz CT molecular complexity index is 1220. The first-order chi connectivity index (χ1) is 14.4. The standard InChI is InChI=1S/C22H17N3O5/c1-13(16-8-4-6-14-5-2-3-7-17(14)16)23-20(26)12-24-21(27)18-10-9-15(25(29)30)11-19(18)22(24)28/h2-11,13H,12H2,1H3,(H,23,26). The van der Waals surface area contributed by atoms with Gasteiger partial charge in [-0.1, -0.05) is 42.5 Å². The number of fused-ring (bicyclic) bond motifs is 2. The number of non-ortho nitro benzene ring substituents is 1. The third kappa shape index (κ3) is 3.28. The fourth-order valence-electron chi connectivity index (χ4n) is 3.67. The van der Waals surface area contributed by atoms with Gasteiger partial charge in [0.2, 0.25) is 5.91 Å². The second-order valence-corrected chi connectivity index (χ2v) is 7.04. The molecule has 1 N–H and O–H groups in total. The Morgan fingerprint density at radius 1 is 1.03 bits per heavy atom. The molecular formula is C22H17N3O5. The van der Waals surface area contributed by atoms with Crippen LogP contribution in [0.4, 0.5) is 5.69 Å². The van der Waals surface area contributed by atoms with Crippen LogP contribution in [0.15, 0.2) is 60.7 Å². The molecule has 0 spiro atoms. The second-order valence-electron chi connectivity index (χ2n) is 7.04. The molecule has 1 aliphatic rings. The van der Waals surface area contributed by atoms with Gasteiger partial charge in [0.05, 0.1) is 22.1 Å². The summed E-state index contributed by atoms with van der Waals surface area (Å²) in [5, 5.41) is 15.8. The molecule has 0 aromatic heterocycles. The van der Waals surface area contributed by atoms with Crippen LogP contribution >= 0.6 is 0 Å². The number of nitrogens with one attached hydrogen (secondary N) is 1. The van der Waals surface area contributed by atoms with Crippen molar-refractivity contribution in [1.82, 2.24) is 10.2 Å². The number of imide groups is 1. The first-order valence-electron chi connectivity index (χ1n) is 9.28. The molecule has 0 saturated heterocycles. The lowest BCUT2D eigenvalue weighted by Crippen LogP contribution is -2.41. The van der Waals surface area contributed by atoms with Crippen LogP contribution in [0.2, 0.25) is 0 Å². The molecule has 0 bridgehead atoms. The van der Waals surface area contributed by atoms with E-state index in [2.05, 4.69) is 5.32 Å². The Kier molecular flexibility index (Phi) is 4.75. The van der Waals surface area contributed by atoms with E-state index in [1.165, 1.54) is 6.07 Å². The summed E-state index contributed by atoms with van der Waals surface area (Å²) in [6.07, 6.45) is 0. The maximum absolute atomic E-state index is 12.6. The minimum absolute atomic E-state index is 0.0560. The van der Waals surface area contributed by atoms with Gasteiger partial charge in [0.25, 0.3) is 17.5 Å². The first-order valence-corrected chi connectivity index (χ1v) is 9.28. The molecule has 3 aromatic carbocycles. The SMILES string of the molecule is CC(NC(=O)CN1C(=O)c2ccc([N+](=O)[O-])cc2C1=O)c1cccc2ccccc12. The van der Waals surface area contributed by atoms with Crippen molar-refractivity contribution in [3.8, 4) is 0 Å². The summed E-state index contributed by atoms with van der Waals surface area (Å²) in [7, 11) is 0. The topological polar surface area (TPSA) is 110 Å². The Morgan fingerprint density at radius 3 is 2.50 bits per heavy atom. The predicted octanol–water partition coefficient (Wildman–Crippen LogP) is 3.22. The number of carbonyl (C=O) groups is 3. The molecule has 1 aliphatic heterocycles. The quantitative estimate of drug-likeness (QED) is 0.400. The van der Waals surface area contributed by atoms with Gasteiger partial charge in [0.1, 0.15) is 6.54 Å². The van der Waals surface area contributed by atoms with E-state index in [0.29, 0.717) is 0 Å². The number of nitro groups is 1. The van der Waals surface area contributed by atoms with Crippen LogP contribution in [0.5, 0.6) is 0 Å². The molecular weight excluding hydrogens is 386 g/mol. The van der Waals surface area contributed by atoms with Crippen LogP contribution in [0.3, 0.4) is 0 Å². The zero-order chi connectivity index (χ0) is 21.4. The summed E-state index contributed by atoms with van der Waals surface area (Å²) in [6.45, 7) is 1.36. The molecule has 1 unspecified atom stereocenters. The van der Waals surface area contributed by atoms with Crippen molar-refractivity contribution in [3.63, 3.8) is 0 Å². The number of hydrogen-bond donors (Lipinski definition) is 1. The van der Waals surface area contributed by atoms with Gasteiger partial charge in [-0.25, -0.2) is 0 Å². The Balaban J connectivity index is 1.51. The summed E-state index contributed by atoms with van der Waals surface area (Å²) in [5.74, 6) is -1.86. The van der Waals surface area contributed by atoms with E-state index in [-0.39, 0.29) is 22.9 Å². The van der Waals surface area contributed by atoms with Gasteiger partial charge in [-0.05, 0) is 29.3 Å². The molecule has 0 aliphatic carbocycles. The monoisotopic (exact) mass is 403 g/mol. The molecule has 0 radical (unpaired) electrons. The van der Waals surface area contributed by atoms with Gasteiger partial charge in [-0.15, -0.1) is 0 Å². The van der Waals surface area contributed by atoms with Crippen molar-refractivity contribution < 1.29 is 19.3 Å². The van der Waals surface area contributed by atoms with Crippen LogP contribution in [-0.2, 0) is 4.79 Å². The molecule has 0 fully saturated rings. The van der Waals surface area contributed by atoms with Gasteiger partial charge < -0.3 is 5.32 Å². The molecule has 8 heteroatoms. The number of benzene rings is 3. The van der Waals surface area contributed by atoms with Crippen LogP contribution in [0.1, 0.15) is 39.2 Å². The van der Waals surface area contributed by atoms with Crippen LogP contribution in [-0.4, -0.2) is 34.1 Å². The number of amides is 3. The Hall–Kier alpha value is -4.07. The minimum atomic E-state index is -0.716. The Labute approximate surface area is 171 Å². The lowest BCUT2D eigenvalue weighted by atomic mass is 10.00. The fraction of sp³-hybridized carbons (Fsp3) is 0.136. The number of rotatable bonds is 5. The molecule has 30 heavy (non-hydrogen) atoms. The highest BCUT2D eigenvalue weighted by Gasteiger charge is 2.38. The second kappa shape index (κ2) is 7.40. The molecule has 8 nitrogen and oxygen atoms in total. The van der Waals surface area contributed by atoms with Crippen molar-refractivity contribution in [3.05, 3.63) is 87.5 Å². The molecule has 1 atom stereocenters. The number of nitro benzene ring substituents is 1. The van der Waals surface area contributed by atoms with Crippen LogP contribution in [0, 0.1) is 10.1 Å². The van der Waals surface area contributed by atoms with E-state index in [9.17, 15) is 24.5 Å². The lowest BCUT2D eigenvalue weighted by molar-refractivity contribution is -0.384. The molecule has 4 rings (SSSR count). The highest BCUT2D eigenvalue weighted by atomic mass is 16.6. The number of hydrogen-bond acceptors (Lipinski definition) is 5. The highest BCUT2D eigenvalue weighted by molar-refractivity contribution is 6.22. The van der Waals surface area contributed by atoms with Crippen molar-refractivity contribution in [2.75, 3.05) is 6.54 Å². The average molecular weight is 403 g/mol. The number of carbonyl (C=O) groups excluding carboxylic acids is 3. The van der Waals surface area contributed by atoms with Gasteiger partial charge in [0, 0.05) is 12.1 Å². The maximum Gasteiger partial charge on any atom is 0.270 e. The summed E-state index contributed by atoms with van der Waals surface area (Å²) in [4.78, 5) is 48.7. The highest BCUT2D eigenvalue weighted by Crippen LogP contribution is 2.27. The predicted molar refractivity (Wildman–Crippen MR) is 109 cm³/mol. The van der Waals surface area contributed by atoms with Crippen LogP contribution in [0.25, 0.3) is 10.8 Å². The van der Waals surface area contributed by atoms with Gasteiger partial charge in [-0.3, -0.25) is 29.4 Å². The molecule has 3 amide bonds. The minimum Gasteiger partial charge on any atom is -0.348 e. The van der Waals surface area contributed by atoms with Crippen molar-refractivity contribution in [2.45, 2.75) is 13.0 Å². The van der Waals surface area contributed by atoms with Gasteiger partial charge in [-0.2, -0.15) is 0 Å². The summed E-state index contributed by atoms with van der Waals surface area (Å²) in [5.41, 5.74) is 0.620. The van der Waals surface area contributed by atoms with Gasteiger partial charge in [0.15, 0.2) is 0 Å². The molecule has 0 saturated carbocycles. The smallest absolute Gasteiger partial charge is 0.270 e. The first kappa shape index (κ1) is 19.3. The average Bonchev–Trinajstić information content (AvgIpc) is 2.97. The van der Waals surface area contributed by atoms with E-state index in [1.54, 1.807) is 0 Å². The van der Waals surface area contributed by atoms with Crippen molar-refractivity contribution in [1.29, 1.82) is 0 Å². The summed E-state index contributed by atoms with van der Waals surface area (Å²) < 4.78 is 0. The fourth-order valence-corrected chi connectivity index (χ4v) is 3.67. The van der Waals surface area contributed by atoms with E-state index >= 15 is 0 Å². The van der Waals surface area contributed by atoms with E-state index in [4.69, 9.17) is 0 Å². The molecule has 150 valence electrons. The molecule has 3 aromatic rings. The normalized spacial score (nSPS) is 14.0. The van der Waals surface area contributed by atoms with Crippen molar-refractivity contribution in [2.24, 2.45) is 0 Å². The van der Waals surface area contributed by atoms with E-state index < -0.39 is 29.2 Å². The van der Waals surface area contributed by atoms with E-state index in [1.807, 2.05) is 49.4 Å². The zero-order valence-electron chi connectivity index (χ0n) is 16.0. The largest absolute Gasteiger partial charge is 0.348 e. The third-order valence-corrected chi connectivity index (χ3v) is 5.13. The van der Waals surface area contributed by atoms with Crippen LogP contribution < -0.4 is 5.32 Å². The van der Waals surface area contributed by atoms with Crippen molar-refractivity contribution >= 4 is 34.2 Å². The maximum atomic E-state index is 12.6. The summed E-state index contributed by atoms with van der Waals surface area (Å²) in [6, 6.07) is 16.7. The van der Waals surface area contributed by atoms with Gasteiger partial charge >= 0.3 is 0 Å². The van der Waals surface area contributed by atoms with E-state index in [0.717, 1.165) is 33.4 Å². The lowest BCUT2D eigenvalue weighted by Gasteiger charge is -2.19. The molecule has 1 heterocycles. The summed E-state index contributed by atoms with van der Waals surface area (Å²) >= 11 is 0. The number of nitrogens with zero attached hydrogens (tertiary/aromatic N) is 2. The zero-order valence-corrected chi connectivity index (χ0v) is 16.0. The Morgan fingerprint density at radius 2 is 1.73 bits per heavy atom.